The molecule has 0 aliphatic carbocycles. The van der Waals surface area contributed by atoms with Gasteiger partial charge in [0.1, 0.15) is 18.4 Å². The minimum Gasteiger partial charge on any atom is -0.352 e. The van der Waals surface area contributed by atoms with Gasteiger partial charge in [0, 0.05) is 18.0 Å². The third-order valence-corrected chi connectivity index (χ3v) is 7.49. The molecule has 9 heteroatoms. The molecule has 0 saturated carbocycles. The van der Waals surface area contributed by atoms with Crippen molar-refractivity contribution in [1.82, 2.24) is 10.2 Å². The molecule has 7 nitrogen and oxygen atoms in total. The number of anilines is 1. The molecule has 3 aromatic rings. The Labute approximate surface area is 218 Å². The fourth-order valence-electron chi connectivity index (χ4n) is 4.17. The monoisotopic (exact) mass is 527 g/mol. The van der Waals surface area contributed by atoms with Gasteiger partial charge in [0.2, 0.25) is 21.8 Å². The highest BCUT2D eigenvalue weighted by Gasteiger charge is 2.32. The SMILES string of the molecule is CC[C@@H](C)NC(=O)[C@@H](CC)N(Cc1ccc(F)cc1)C(=O)CN(c1cccc2ccccc12)S(C)(=O)=O. The number of halogens is 1. The summed E-state index contributed by atoms with van der Waals surface area (Å²) >= 11 is 0. The van der Waals surface area contributed by atoms with E-state index in [2.05, 4.69) is 5.32 Å². The minimum absolute atomic E-state index is 0.0265. The summed E-state index contributed by atoms with van der Waals surface area (Å²) in [5.74, 6) is -1.26. The summed E-state index contributed by atoms with van der Waals surface area (Å²) in [5, 5.41) is 4.45. The summed E-state index contributed by atoms with van der Waals surface area (Å²) in [6, 6.07) is 17.4. The van der Waals surface area contributed by atoms with E-state index in [1.165, 1.54) is 17.0 Å². The molecule has 2 atom stereocenters. The number of rotatable bonds is 11. The Morgan fingerprint density at radius 2 is 1.59 bits per heavy atom. The smallest absolute Gasteiger partial charge is 0.244 e. The summed E-state index contributed by atoms with van der Waals surface area (Å²) in [6.07, 6.45) is 2.10. The van der Waals surface area contributed by atoms with E-state index in [0.717, 1.165) is 22.4 Å². The third kappa shape index (κ3) is 7.07. The van der Waals surface area contributed by atoms with E-state index in [0.29, 0.717) is 23.1 Å². The number of hydrogen-bond donors (Lipinski definition) is 1. The van der Waals surface area contributed by atoms with Crippen LogP contribution in [-0.2, 0) is 26.2 Å². The molecule has 2 amide bonds. The lowest BCUT2D eigenvalue weighted by atomic mass is 10.1. The Morgan fingerprint density at radius 3 is 2.22 bits per heavy atom. The van der Waals surface area contributed by atoms with Crippen LogP contribution in [0.4, 0.5) is 10.1 Å². The molecule has 0 aromatic heterocycles. The van der Waals surface area contributed by atoms with Crippen LogP contribution in [0.5, 0.6) is 0 Å². The van der Waals surface area contributed by atoms with Crippen molar-refractivity contribution in [2.45, 2.75) is 52.2 Å². The lowest BCUT2D eigenvalue weighted by Crippen LogP contribution is -2.53. The van der Waals surface area contributed by atoms with E-state index >= 15 is 0 Å². The van der Waals surface area contributed by atoms with Crippen molar-refractivity contribution in [1.29, 1.82) is 0 Å². The van der Waals surface area contributed by atoms with Crippen molar-refractivity contribution in [2.75, 3.05) is 17.1 Å². The van der Waals surface area contributed by atoms with Gasteiger partial charge in [0.05, 0.1) is 11.9 Å². The first kappa shape index (κ1) is 28.1. The summed E-state index contributed by atoms with van der Waals surface area (Å²) in [4.78, 5) is 28.4. The van der Waals surface area contributed by atoms with Crippen molar-refractivity contribution in [3.63, 3.8) is 0 Å². The van der Waals surface area contributed by atoms with Crippen LogP contribution in [0, 0.1) is 5.82 Å². The molecule has 3 rings (SSSR count). The fraction of sp³-hybridized carbons (Fsp3) is 0.357. The molecular weight excluding hydrogens is 493 g/mol. The number of sulfonamides is 1. The van der Waals surface area contributed by atoms with Crippen LogP contribution < -0.4 is 9.62 Å². The number of nitrogens with zero attached hydrogens (tertiary/aromatic N) is 2. The molecule has 0 unspecified atom stereocenters. The van der Waals surface area contributed by atoms with Crippen molar-refractivity contribution in [2.24, 2.45) is 0 Å². The average molecular weight is 528 g/mol. The van der Waals surface area contributed by atoms with Gasteiger partial charge in [-0.25, -0.2) is 12.8 Å². The van der Waals surface area contributed by atoms with Crippen LogP contribution in [0.2, 0.25) is 0 Å². The largest absolute Gasteiger partial charge is 0.352 e. The van der Waals surface area contributed by atoms with Crippen molar-refractivity contribution < 1.29 is 22.4 Å². The molecule has 3 aromatic carbocycles. The number of amides is 2. The second-order valence-electron chi connectivity index (χ2n) is 9.16. The Balaban J connectivity index is 2.01. The van der Waals surface area contributed by atoms with Crippen LogP contribution in [0.3, 0.4) is 0 Å². The van der Waals surface area contributed by atoms with Gasteiger partial charge >= 0.3 is 0 Å². The van der Waals surface area contributed by atoms with Gasteiger partial charge < -0.3 is 10.2 Å². The maximum Gasteiger partial charge on any atom is 0.244 e. The van der Waals surface area contributed by atoms with E-state index in [-0.39, 0.29) is 18.5 Å². The zero-order valence-electron chi connectivity index (χ0n) is 21.6. The van der Waals surface area contributed by atoms with Crippen molar-refractivity contribution in [3.05, 3.63) is 78.1 Å². The van der Waals surface area contributed by atoms with E-state index in [9.17, 15) is 22.4 Å². The number of hydrogen-bond acceptors (Lipinski definition) is 4. The number of benzene rings is 3. The summed E-state index contributed by atoms with van der Waals surface area (Å²) in [5.41, 5.74) is 1.01. The number of carbonyl (C=O) groups excluding carboxylic acids is 2. The van der Waals surface area contributed by atoms with Crippen LogP contribution in [-0.4, -0.2) is 50.0 Å². The normalized spacial score (nSPS) is 13.1. The molecule has 0 spiro atoms. The fourth-order valence-corrected chi connectivity index (χ4v) is 5.03. The maximum atomic E-state index is 13.8. The van der Waals surface area contributed by atoms with E-state index in [1.807, 2.05) is 32.0 Å². The lowest BCUT2D eigenvalue weighted by molar-refractivity contribution is -0.140. The Morgan fingerprint density at radius 1 is 0.946 bits per heavy atom. The third-order valence-electron chi connectivity index (χ3n) is 6.37. The first-order valence-corrected chi connectivity index (χ1v) is 14.2. The molecule has 0 radical (unpaired) electrons. The first-order valence-electron chi connectivity index (χ1n) is 12.3. The second kappa shape index (κ2) is 12.2. The van der Waals surface area contributed by atoms with E-state index < -0.39 is 34.3 Å². The van der Waals surface area contributed by atoms with E-state index in [1.54, 1.807) is 43.3 Å². The molecule has 0 saturated heterocycles. The Hall–Kier alpha value is -3.46. The zero-order chi connectivity index (χ0) is 27.2. The summed E-state index contributed by atoms with van der Waals surface area (Å²) < 4.78 is 40.4. The van der Waals surface area contributed by atoms with Gasteiger partial charge in [-0.05, 0) is 48.9 Å². The molecule has 1 N–H and O–H groups in total. The standard InChI is InChI=1S/C28H34FN3O4S/c1-5-20(3)30-28(34)25(6-2)31(18-21-14-16-23(29)17-15-21)27(33)19-32(37(4,35)36)26-13-9-11-22-10-7-8-12-24(22)26/h7-17,20,25H,5-6,18-19H2,1-4H3,(H,30,34)/t20-,25-/m1/s1. The van der Waals surface area contributed by atoms with Gasteiger partial charge in [-0.1, -0.05) is 62.4 Å². The highest BCUT2D eigenvalue weighted by Crippen LogP contribution is 2.29. The predicted molar refractivity (Wildman–Crippen MR) is 145 cm³/mol. The lowest BCUT2D eigenvalue weighted by Gasteiger charge is -2.33. The second-order valence-corrected chi connectivity index (χ2v) is 11.1. The van der Waals surface area contributed by atoms with Crippen molar-refractivity contribution in [3.8, 4) is 0 Å². The molecule has 0 aliphatic rings. The van der Waals surface area contributed by atoms with Gasteiger partial charge in [-0.15, -0.1) is 0 Å². The maximum absolute atomic E-state index is 13.8. The van der Waals surface area contributed by atoms with Gasteiger partial charge in [0.15, 0.2) is 0 Å². The first-order chi connectivity index (χ1) is 17.5. The quantitative estimate of drug-likeness (QED) is 0.399. The van der Waals surface area contributed by atoms with Crippen LogP contribution >= 0.6 is 0 Å². The molecule has 0 fully saturated rings. The van der Waals surface area contributed by atoms with Crippen LogP contribution in [0.1, 0.15) is 39.2 Å². The molecule has 0 bridgehead atoms. The number of nitrogens with one attached hydrogen (secondary N) is 1. The van der Waals surface area contributed by atoms with Crippen LogP contribution in [0.25, 0.3) is 10.8 Å². The number of fused-ring (bicyclic) bond motifs is 1. The van der Waals surface area contributed by atoms with Crippen molar-refractivity contribution >= 4 is 38.3 Å². The Bertz CT molecular complexity index is 1340. The van der Waals surface area contributed by atoms with E-state index in [4.69, 9.17) is 0 Å². The van der Waals surface area contributed by atoms with Gasteiger partial charge in [-0.2, -0.15) is 0 Å². The number of carbonyl (C=O) groups is 2. The molecule has 0 aliphatic heterocycles. The van der Waals surface area contributed by atoms with Gasteiger partial charge in [0.25, 0.3) is 0 Å². The molecule has 0 heterocycles. The van der Waals surface area contributed by atoms with Crippen LogP contribution in [0.15, 0.2) is 66.7 Å². The Kier molecular flexibility index (Phi) is 9.26. The zero-order valence-corrected chi connectivity index (χ0v) is 22.5. The molecular formula is C28H34FN3O4S. The predicted octanol–water partition coefficient (Wildman–Crippen LogP) is 4.47. The topological polar surface area (TPSA) is 86.8 Å². The minimum atomic E-state index is -3.86. The molecule has 198 valence electrons. The van der Waals surface area contributed by atoms with Gasteiger partial charge in [-0.3, -0.25) is 13.9 Å². The highest BCUT2D eigenvalue weighted by molar-refractivity contribution is 7.92. The molecule has 37 heavy (non-hydrogen) atoms. The summed E-state index contributed by atoms with van der Waals surface area (Å²) in [6.45, 7) is 5.16. The highest BCUT2D eigenvalue weighted by atomic mass is 32.2. The average Bonchev–Trinajstić information content (AvgIpc) is 2.87. The summed E-state index contributed by atoms with van der Waals surface area (Å²) in [7, 11) is -3.86.